The lowest BCUT2D eigenvalue weighted by Gasteiger charge is -2.30. The molecule has 0 radical (unpaired) electrons. The van der Waals surface area contributed by atoms with Crippen LogP contribution in [0.4, 0.5) is 4.39 Å². The van der Waals surface area contributed by atoms with Gasteiger partial charge in [-0.2, -0.15) is 0 Å². The van der Waals surface area contributed by atoms with Crippen LogP contribution >= 0.6 is 0 Å². The van der Waals surface area contributed by atoms with Crippen LogP contribution in [0.15, 0.2) is 24.3 Å². The van der Waals surface area contributed by atoms with Crippen LogP contribution in [-0.2, 0) is 4.79 Å². The van der Waals surface area contributed by atoms with Crippen LogP contribution in [0.3, 0.4) is 0 Å². The molecule has 1 aliphatic heterocycles. The molecular weight excluding hydrogens is 255 g/mol. The molecule has 0 bridgehead atoms. The average Bonchev–Trinajstić information content (AvgIpc) is 3.13. The van der Waals surface area contributed by atoms with E-state index in [1.807, 2.05) is 11.0 Å². The molecule has 1 heterocycles. The number of carbonyl (C=O) groups excluding carboxylic acids is 1. The summed E-state index contributed by atoms with van der Waals surface area (Å²) in [6, 6.07) is 6.87. The molecule has 1 saturated carbocycles. The maximum Gasteiger partial charge on any atom is 0.244 e. The Balaban J connectivity index is 1.95. The zero-order valence-electron chi connectivity index (χ0n) is 12.0. The van der Waals surface area contributed by atoms with E-state index >= 15 is 0 Å². The highest BCUT2D eigenvalue weighted by atomic mass is 19.1. The molecule has 1 N–H and O–H groups in total. The molecule has 20 heavy (non-hydrogen) atoms. The van der Waals surface area contributed by atoms with Gasteiger partial charge in [0.25, 0.3) is 0 Å². The maximum absolute atomic E-state index is 14.1. The number of rotatable bonds is 4. The van der Waals surface area contributed by atoms with Crippen molar-refractivity contribution < 1.29 is 9.18 Å². The number of hydrogen-bond acceptors (Lipinski definition) is 2. The van der Waals surface area contributed by atoms with Gasteiger partial charge in [-0.25, -0.2) is 4.39 Å². The van der Waals surface area contributed by atoms with E-state index in [1.54, 1.807) is 12.1 Å². The Kier molecular flexibility index (Phi) is 3.28. The number of amides is 1. The summed E-state index contributed by atoms with van der Waals surface area (Å²) in [5, 5.41) is 3.37. The summed E-state index contributed by atoms with van der Waals surface area (Å²) in [6.45, 7) is 4.16. The van der Waals surface area contributed by atoms with Crippen molar-refractivity contribution in [1.82, 2.24) is 10.2 Å². The molecule has 0 aromatic heterocycles. The lowest BCUT2D eigenvalue weighted by atomic mass is 10.1. The van der Waals surface area contributed by atoms with Crippen LogP contribution in [0.1, 0.15) is 51.3 Å². The second-order valence-corrected chi connectivity index (χ2v) is 6.00. The molecule has 1 aliphatic carbocycles. The molecule has 1 aromatic carbocycles. The fraction of sp³-hybridized carbons (Fsp3) is 0.562. The highest BCUT2D eigenvalue weighted by Gasteiger charge is 2.60. The van der Waals surface area contributed by atoms with E-state index in [4.69, 9.17) is 0 Å². The number of benzene rings is 1. The topological polar surface area (TPSA) is 32.3 Å². The lowest BCUT2D eigenvalue weighted by Crippen LogP contribution is -2.39. The maximum atomic E-state index is 14.1. The average molecular weight is 276 g/mol. The van der Waals surface area contributed by atoms with Crippen molar-refractivity contribution in [2.45, 2.75) is 57.3 Å². The molecule has 3 nitrogen and oxygen atoms in total. The van der Waals surface area contributed by atoms with Crippen molar-refractivity contribution in [3.63, 3.8) is 0 Å². The van der Waals surface area contributed by atoms with Crippen LogP contribution in [-0.4, -0.2) is 22.4 Å². The van der Waals surface area contributed by atoms with Crippen molar-refractivity contribution >= 4 is 5.91 Å². The molecule has 108 valence electrons. The highest BCUT2D eigenvalue weighted by molar-refractivity contribution is 5.92. The van der Waals surface area contributed by atoms with Crippen LogP contribution < -0.4 is 5.32 Å². The van der Waals surface area contributed by atoms with Crippen molar-refractivity contribution in [1.29, 1.82) is 0 Å². The summed E-state index contributed by atoms with van der Waals surface area (Å²) < 4.78 is 14.1. The molecule has 1 spiro atoms. The standard InChI is InChI=1S/C16H21FN2O/c1-3-6-11(2)19-14(12-7-4-5-8-13(12)17)18-16(9-10-16)15(19)20/h4-5,7-8,11,14,18H,3,6,9-10H2,1-2H3. The van der Waals surface area contributed by atoms with Gasteiger partial charge in [0, 0.05) is 11.6 Å². The van der Waals surface area contributed by atoms with Gasteiger partial charge < -0.3 is 4.90 Å². The van der Waals surface area contributed by atoms with E-state index in [2.05, 4.69) is 19.2 Å². The van der Waals surface area contributed by atoms with Gasteiger partial charge in [-0.15, -0.1) is 0 Å². The summed E-state index contributed by atoms with van der Waals surface area (Å²) in [6.07, 6.45) is 3.36. The minimum absolute atomic E-state index is 0.129. The number of carbonyl (C=O) groups is 1. The molecule has 2 unspecified atom stereocenters. The quantitative estimate of drug-likeness (QED) is 0.917. The lowest BCUT2D eigenvalue weighted by molar-refractivity contribution is -0.133. The molecule has 4 heteroatoms. The molecule has 3 rings (SSSR count). The van der Waals surface area contributed by atoms with Crippen molar-refractivity contribution in [2.75, 3.05) is 0 Å². The Bertz CT molecular complexity index is 527. The number of halogens is 1. The number of nitrogens with one attached hydrogen (secondary N) is 1. The molecule has 2 fully saturated rings. The van der Waals surface area contributed by atoms with E-state index < -0.39 is 5.54 Å². The van der Waals surface area contributed by atoms with Gasteiger partial charge >= 0.3 is 0 Å². The van der Waals surface area contributed by atoms with E-state index in [-0.39, 0.29) is 23.9 Å². The number of nitrogens with zero attached hydrogens (tertiary/aromatic N) is 1. The zero-order valence-corrected chi connectivity index (χ0v) is 12.0. The fourth-order valence-corrected chi connectivity index (χ4v) is 3.18. The second kappa shape index (κ2) is 4.85. The largest absolute Gasteiger partial charge is 0.318 e. The molecule has 1 saturated heterocycles. The Hall–Kier alpha value is -1.42. The first-order valence-corrected chi connectivity index (χ1v) is 7.44. The van der Waals surface area contributed by atoms with Gasteiger partial charge in [0.1, 0.15) is 17.5 Å². The molecular formula is C16H21FN2O. The van der Waals surface area contributed by atoms with Crippen molar-refractivity contribution in [3.8, 4) is 0 Å². The first kappa shape index (κ1) is 13.6. The van der Waals surface area contributed by atoms with Crippen LogP contribution in [0.5, 0.6) is 0 Å². The first-order chi connectivity index (χ1) is 9.59. The van der Waals surface area contributed by atoms with E-state index in [0.717, 1.165) is 25.7 Å². The Labute approximate surface area is 119 Å². The summed E-state index contributed by atoms with van der Waals surface area (Å²) in [7, 11) is 0. The van der Waals surface area contributed by atoms with Gasteiger partial charge in [0.15, 0.2) is 0 Å². The van der Waals surface area contributed by atoms with E-state index in [0.29, 0.717) is 5.56 Å². The molecule has 2 atom stereocenters. The van der Waals surface area contributed by atoms with E-state index in [9.17, 15) is 9.18 Å². The smallest absolute Gasteiger partial charge is 0.244 e. The SMILES string of the molecule is CCCC(C)N1C(=O)C2(CC2)NC1c1ccccc1F. The van der Waals surface area contributed by atoms with Gasteiger partial charge in [0.05, 0.1) is 0 Å². The third kappa shape index (κ3) is 2.03. The van der Waals surface area contributed by atoms with Crippen molar-refractivity contribution in [2.24, 2.45) is 0 Å². The Morgan fingerprint density at radius 3 is 2.75 bits per heavy atom. The summed E-state index contributed by atoms with van der Waals surface area (Å²) in [4.78, 5) is 14.5. The Morgan fingerprint density at radius 2 is 2.15 bits per heavy atom. The van der Waals surface area contributed by atoms with Gasteiger partial charge in [-0.1, -0.05) is 31.5 Å². The monoisotopic (exact) mass is 276 g/mol. The third-order valence-electron chi connectivity index (χ3n) is 4.47. The third-order valence-corrected chi connectivity index (χ3v) is 4.47. The van der Waals surface area contributed by atoms with Gasteiger partial charge in [-0.3, -0.25) is 10.1 Å². The van der Waals surface area contributed by atoms with Gasteiger partial charge in [-0.05, 0) is 32.3 Å². The summed E-state index contributed by atoms with van der Waals surface area (Å²) in [5.41, 5.74) is 0.169. The second-order valence-electron chi connectivity index (χ2n) is 6.00. The van der Waals surface area contributed by atoms with Crippen LogP contribution in [0.25, 0.3) is 0 Å². The van der Waals surface area contributed by atoms with Crippen molar-refractivity contribution in [3.05, 3.63) is 35.6 Å². The summed E-state index contributed by atoms with van der Waals surface area (Å²) in [5.74, 6) is -0.101. The Morgan fingerprint density at radius 1 is 1.45 bits per heavy atom. The molecule has 2 aliphatic rings. The normalized spacial score (nSPS) is 25.2. The summed E-state index contributed by atoms with van der Waals surface area (Å²) >= 11 is 0. The van der Waals surface area contributed by atoms with Gasteiger partial charge in [0.2, 0.25) is 5.91 Å². The minimum Gasteiger partial charge on any atom is -0.318 e. The van der Waals surface area contributed by atoms with E-state index in [1.165, 1.54) is 6.07 Å². The zero-order chi connectivity index (χ0) is 14.3. The van der Waals surface area contributed by atoms with Crippen LogP contribution in [0, 0.1) is 5.82 Å². The molecule has 1 amide bonds. The fourth-order valence-electron chi connectivity index (χ4n) is 3.18. The number of hydrogen-bond donors (Lipinski definition) is 1. The molecule has 1 aromatic rings. The predicted molar refractivity (Wildman–Crippen MR) is 75.5 cm³/mol. The first-order valence-electron chi connectivity index (χ1n) is 7.44. The predicted octanol–water partition coefficient (Wildman–Crippen LogP) is 2.98. The highest BCUT2D eigenvalue weighted by Crippen LogP contribution is 2.47. The minimum atomic E-state index is -0.408. The van der Waals surface area contributed by atoms with Crippen LogP contribution in [0.2, 0.25) is 0 Å².